The molecular formula is C14H21N3O2S. The van der Waals surface area contributed by atoms with Crippen molar-refractivity contribution in [2.45, 2.75) is 37.9 Å². The molecule has 2 aliphatic rings. The third-order valence-electron chi connectivity index (χ3n) is 4.12. The standard InChI is InChI=1S/C14H21N3O2S/c1-17(13-6-8-20(18,19)10-13)14-11(3-2-7-15-14)9-16-12-4-5-12/h2-3,7,12-13,16H,4-6,8-10H2,1H3. The lowest BCUT2D eigenvalue weighted by atomic mass is 10.2. The monoisotopic (exact) mass is 295 g/mol. The molecule has 1 aliphatic carbocycles. The van der Waals surface area contributed by atoms with Gasteiger partial charge in [0.05, 0.1) is 11.5 Å². The molecule has 1 atom stereocenters. The van der Waals surface area contributed by atoms with Crippen molar-refractivity contribution in [3.05, 3.63) is 23.9 Å². The van der Waals surface area contributed by atoms with Crippen LogP contribution >= 0.6 is 0 Å². The Hall–Kier alpha value is -1.14. The number of nitrogens with one attached hydrogen (secondary N) is 1. The van der Waals surface area contributed by atoms with Crippen molar-refractivity contribution < 1.29 is 8.42 Å². The van der Waals surface area contributed by atoms with Crippen LogP contribution in [0.1, 0.15) is 24.8 Å². The zero-order valence-corrected chi connectivity index (χ0v) is 12.6. The van der Waals surface area contributed by atoms with Crippen molar-refractivity contribution in [1.29, 1.82) is 0 Å². The van der Waals surface area contributed by atoms with Gasteiger partial charge in [0.1, 0.15) is 5.82 Å². The maximum Gasteiger partial charge on any atom is 0.152 e. The Labute approximate surface area is 120 Å². The van der Waals surface area contributed by atoms with Crippen LogP contribution in [0, 0.1) is 0 Å². The molecule has 1 saturated carbocycles. The molecule has 1 unspecified atom stereocenters. The zero-order chi connectivity index (χ0) is 14.2. The highest BCUT2D eigenvalue weighted by atomic mass is 32.2. The van der Waals surface area contributed by atoms with Crippen LogP contribution < -0.4 is 10.2 Å². The summed E-state index contributed by atoms with van der Waals surface area (Å²) < 4.78 is 23.3. The highest BCUT2D eigenvalue weighted by molar-refractivity contribution is 7.91. The smallest absolute Gasteiger partial charge is 0.152 e. The van der Waals surface area contributed by atoms with Crippen LogP contribution in [0.5, 0.6) is 0 Å². The first-order valence-corrected chi connectivity index (χ1v) is 8.98. The minimum Gasteiger partial charge on any atom is -0.355 e. The number of anilines is 1. The Bertz CT molecular complexity index is 584. The lowest BCUT2D eigenvalue weighted by Crippen LogP contribution is -2.34. The molecule has 2 heterocycles. The zero-order valence-electron chi connectivity index (χ0n) is 11.7. The molecule has 1 aromatic heterocycles. The van der Waals surface area contributed by atoms with Gasteiger partial charge in [-0.15, -0.1) is 0 Å². The molecule has 3 rings (SSSR count). The summed E-state index contributed by atoms with van der Waals surface area (Å²) >= 11 is 0. The summed E-state index contributed by atoms with van der Waals surface area (Å²) in [4.78, 5) is 6.50. The topological polar surface area (TPSA) is 62.3 Å². The second-order valence-electron chi connectivity index (χ2n) is 5.81. The third kappa shape index (κ3) is 3.12. The summed E-state index contributed by atoms with van der Waals surface area (Å²) in [6.45, 7) is 0.803. The molecule has 6 heteroatoms. The van der Waals surface area contributed by atoms with Gasteiger partial charge in [-0.2, -0.15) is 0 Å². The number of rotatable bonds is 5. The fourth-order valence-corrected chi connectivity index (χ4v) is 4.46. The largest absolute Gasteiger partial charge is 0.355 e. The molecule has 2 fully saturated rings. The Balaban J connectivity index is 1.74. The van der Waals surface area contributed by atoms with E-state index in [0.29, 0.717) is 18.2 Å². The van der Waals surface area contributed by atoms with Crippen LogP contribution in [0.2, 0.25) is 0 Å². The molecule has 0 radical (unpaired) electrons. The van der Waals surface area contributed by atoms with Gasteiger partial charge < -0.3 is 10.2 Å². The van der Waals surface area contributed by atoms with Gasteiger partial charge in [-0.1, -0.05) is 6.07 Å². The predicted molar refractivity (Wildman–Crippen MR) is 79.6 cm³/mol. The van der Waals surface area contributed by atoms with Crippen molar-refractivity contribution in [1.82, 2.24) is 10.3 Å². The van der Waals surface area contributed by atoms with E-state index in [9.17, 15) is 8.42 Å². The highest BCUT2D eigenvalue weighted by Crippen LogP contribution is 2.25. The molecular weight excluding hydrogens is 274 g/mol. The molecule has 0 bridgehead atoms. The van der Waals surface area contributed by atoms with E-state index in [1.165, 1.54) is 12.8 Å². The second-order valence-corrected chi connectivity index (χ2v) is 8.04. The van der Waals surface area contributed by atoms with E-state index < -0.39 is 9.84 Å². The van der Waals surface area contributed by atoms with Crippen molar-refractivity contribution in [2.75, 3.05) is 23.5 Å². The third-order valence-corrected chi connectivity index (χ3v) is 5.87. The van der Waals surface area contributed by atoms with Gasteiger partial charge >= 0.3 is 0 Å². The second kappa shape index (κ2) is 5.33. The van der Waals surface area contributed by atoms with E-state index in [4.69, 9.17) is 0 Å². The van der Waals surface area contributed by atoms with Crippen LogP contribution in [0.25, 0.3) is 0 Å². The van der Waals surface area contributed by atoms with Gasteiger partial charge in [-0.3, -0.25) is 0 Å². The molecule has 0 spiro atoms. The molecule has 0 amide bonds. The van der Waals surface area contributed by atoms with Crippen molar-refractivity contribution in [2.24, 2.45) is 0 Å². The number of pyridine rings is 1. The molecule has 1 saturated heterocycles. The molecule has 110 valence electrons. The molecule has 0 aromatic carbocycles. The number of aromatic nitrogens is 1. The summed E-state index contributed by atoms with van der Waals surface area (Å²) in [5.41, 5.74) is 1.14. The van der Waals surface area contributed by atoms with Crippen LogP contribution in [0.3, 0.4) is 0 Å². The maximum atomic E-state index is 11.6. The molecule has 1 aromatic rings. The normalized spacial score (nSPS) is 24.8. The van der Waals surface area contributed by atoms with Gasteiger partial charge in [0.15, 0.2) is 9.84 Å². The number of hydrogen-bond donors (Lipinski definition) is 1. The number of nitrogens with zero attached hydrogens (tertiary/aromatic N) is 2. The van der Waals surface area contributed by atoms with E-state index in [-0.39, 0.29) is 11.8 Å². The Morgan fingerprint density at radius 2 is 2.20 bits per heavy atom. The van der Waals surface area contributed by atoms with E-state index in [1.807, 2.05) is 18.0 Å². The first-order valence-electron chi connectivity index (χ1n) is 7.16. The lowest BCUT2D eigenvalue weighted by molar-refractivity contribution is 0.600. The summed E-state index contributed by atoms with van der Waals surface area (Å²) in [5, 5.41) is 3.49. The highest BCUT2D eigenvalue weighted by Gasteiger charge is 2.32. The predicted octanol–water partition coefficient (Wildman–Crippen LogP) is 0.957. The summed E-state index contributed by atoms with van der Waals surface area (Å²) in [7, 11) is -0.909. The van der Waals surface area contributed by atoms with E-state index in [2.05, 4.69) is 16.4 Å². The average molecular weight is 295 g/mol. The quantitative estimate of drug-likeness (QED) is 0.876. The molecule has 20 heavy (non-hydrogen) atoms. The Morgan fingerprint density at radius 1 is 1.40 bits per heavy atom. The first kappa shape index (κ1) is 13.8. The SMILES string of the molecule is CN(c1ncccc1CNC1CC1)C1CCS(=O)(=O)C1. The fraction of sp³-hybridized carbons (Fsp3) is 0.643. The minimum absolute atomic E-state index is 0.0505. The van der Waals surface area contributed by atoms with E-state index in [0.717, 1.165) is 17.9 Å². The lowest BCUT2D eigenvalue weighted by Gasteiger charge is -2.26. The molecule has 1 aliphatic heterocycles. The van der Waals surface area contributed by atoms with Crippen molar-refractivity contribution in [3.8, 4) is 0 Å². The van der Waals surface area contributed by atoms with Gasteiger partial charge in [-0.05, 0) is 25.3 Å². The van der Waals surface area contributed by atoms with Gasteiger partial charge in [0.25, 0.3) is 0 Å². The number of hydrogen-bond acceptors (Lipinski definition) is 5. The number of sulfone groups is 1. The van der Waals surface area contributed by atoms with E-state index >= 15 is 0 Å². The maximum absolute atomic E-state index is 11.6. The first-order chi connectivity index (χ1) is 9.55. The van der Waals surface area contributed by atoms with Gasteiger partial charge in [-0.25, -0.2) is 13.4 Å². The van der Waals surface area contributed by atoms with Crippen LogP contribution in [-0.4, -0.2) is 44.0 Å². The summed E-state index contributed by atoms with van der Waals surface area (Å²) in [6, 6.07) is 4.71. The molecule has 5 nitrogen and oxygen atoms in total. The minimum atomic E-state index is -2.86. The van der Waals surface area contributed by atoms with Gasteiger partial charge in [0, 0.05) is 37.4 Å². The fourth-order valence-electron chi connectivity index (χ4n) is 2.68. The van der Waals surface area contributed by atoms with Crippen molar-refractivity contribution >= 4 is 15.7 Å². The van der Waals surface area contributed by atoms with Gasteiger partial charge in [0.2, 0.25) is 0 Å². The van der Waals surface area contributed by atoms with Crippen molar-refractivity contribution in [3.63, 3.8) is 0 Å². The summed E-state index contributed by atoms with van der Waals surface area (Å²) in [6.07, 6.45) is 4.99. The molecule has 1 N–H and O–H groups in total. The van der Waals surface area contributed by atoms with Crippen LogP contribution in [-0.2, 0) is 16.4 Å². The van der Waals surface area contributed by atoms with Crippen LogP contribution in [0.4, 0.5) is 5.82 Å². The Morgan fingerprint density at radius 3 is 2.85 bits per heavy atom. The summed E-state index contributed by atoms with van der Waals surface area (Å²) in [5.74, 6) is 1.45. The Kier molecular flexibility index (Phi) is 3.69. The van der Waals surface area contributed by atoms with Crippen LogP contribution in [0.15, 0.2) is 18.3 Å². The van der Waals surface area contributed by atoms with E-state index in [1.54, 1.807) is 6.20 Å². The average Bonchev–Trinajstić information content (AvgIpc) is 3.19.